The van der Waals surface area contributed by atoms with Gasteiger partial charge in [0.1, 0.15) is 0 Å². The lowest BCUT2D eigenvalue weighted by molar-refractivity contribution is 0.443. The minimum atomic E-state index is 0.473. The maximum atomic E-state index is 3.36. The first-order valence-electron chi connectivity index (χ1n) is 5.45. The molecule has 0 heterocycles. The van der Waals surface area contributed by atoms with Crippen LogP contribution in [0.3, 0.4) is 0 Å². The summed E-state index contributed by atoms with van der Waals surface area (Å²) in [6.07, 6.45) is 1.12. The Labute approximate surface area is 87.5 Å². The summed E-state index contributed by atoms with van der Waals surface area (Å²) in [7, 11) is 2.03. The van der Waals surface area contributed by atoms with Crippen molar-refractivity contribution in [1.29, 1.82) is 0 Å². The molecule has 0 aromatic heterocycles. The SMILES string of the molecule is CCc1ccc(C(NC)C(C)C)cc1. The van der Waals surface area contributed by atoms with Crippen molar-refractivity contribution < 1.29 is 0 Å². The fourth-order valence-corrected chi connectivity index (χ4v) is 1.85. The van der Waals surface area contributed by atoms with E-state index in [0.717, 1.165) is 6.42 Å². The average molecular weight is 191 g/mol. The van der Waals surface area contributed by atoms with E-state index in [1.807, 2.05) is 7.05 Å². The monoisotopic (exact) mass is 191 g/mol. The second-order valence-electron chi connectivity index (χ2n) is 4.11. The van der Waals surface area contributed by atoms with Gasteiger partial charge in [0.05, 0.1) is 0 Å². The first kappa shape index (κ1) is 11.3. The predicted octanol–water partition coefficient (Wildman–Crippen LogP) is 3.17. The van der Waals surface area contributed by atoms with Crippen molar-refractivity contribution >= 4 is 0 Å². The molecule has 1 unspecified atom stereocenters. The molecule has 1 atom stereocenters. The first-order chi connectivity index (χ1) is 6.69. The summed E-state index contributed by atoms with van der Waals surface area (Å²) in [5, 5.41) is 3.36. The molecule has 1 heteroatoms. The molecule has 0 radical (unpaired) electrons. The summed E-state index contributed by atoms with van der Waals surface area (Å²) in [4.78, 5) is 0. The molecule has 0 fully saturated rings. The van der Waals surface area contributed by atoms with E-state index < -0.39 is 0 Å². The maximum absolute atomic E-state index is 3.36. The molecule has 1 aromatic rings. The third kappa shape index (κ3) is 2.58. The molecule has 1 N–H and O–H groups in total. The zero-order chi connectivity index (χ0) is 10.6. The van der Waals surface area contributed by atoms with Crippen LogP contribution in [0.25, 0.3) is 0 Å². The zero-order valence-corrected chi connectivity index (χ0v) is 9.67. The molecule has 1 rings (SSSR count). The molecule has 0 saturated carbocycles. The number of hydrogen-bond donors (Lipinski definition) is 1. The highest BCUT2D eigenvalue weighted by atomic mass is 14.9. The van der Waals surface area contributed by atoms with Crippen LogP contribution in [0.1, 0.15) is 37.9 Å². The van der Waals surface area contributed by atoms with Crippen LogP contribution < -0.4 is 5.32 Å². The summed E-state index contributed by atoms with van der Waals surface area (Å²) in [6.45, 7) is 6.68. The van der Waals surface area contributed by atoms with Gasteiger partial charge in [-0.25, -0.2) is 0 Å². The van der Waals surface area contributed by atoms with Crippen molar-refractivity contribution in [2.75, 3.05) is 7.05 Å². The highest BCUT2D eigenvalue weighted by molar-refractivity contribution is 5.25. The molecule has 0 spiro atoms. The normalized spacial score (nSPS) is 13.2. The molecular formula is C13H21N. The van der Waals surface area contributed by atoms with Gasteiger partial charge in [0.2, 0.25) is 0 Å². The van der Waals surface area contributed by atoms with Crippen molar-refractivity contribution in [3.63, 3.8) is 0 Å². The summed E-state index contributed by atoms with van der Waals surface area (Å²) < 4.78 is 0. The minimum absolute atomic E-state index is 0.473. The standard InChI is InChI=1S/C13H21N/c1-5-11-6-8-12(9-7-11)13(14-4)10(2)3/h6-10,13-14H,5H2,1-4H3. The predicted molar refractivity (Wildman–Crippen MR) is 62.5 cm³/mol. The van der Waals surface area contributed by atoms with Crippen molar-refractivity contribution in [2.45, 2.75) is 33.2 Å². The Morgan fingerprint density at radius 1 is 1.14 bits per heavy atom. The van der Waals surface area contributed by atoms with Crippen LogP contribution in [0.2, 0.25) is 0 Å². The van der Waals surface area contributed by atoms with Gasteiger partial charge in [0.15, 0.2) is 0 Å². The third-order valence-electron chi connectivity index (χ3n) is 2.72. The second-order valence-corrected chi connectivity index (χ2v) is 4.11. The highest BCUT2D eigenvalue weighted by Crippen LogP contribution is 2.21. The van der Waals surface area contributed by atoms with Gasteiger partial charge < -0.3 is 5.32 Å². The summed E-state index contributed by atoms with van der Waals surface area (Å²) in [5.41, 5.74) is 2.80. The Morgan fingerprint density at radius 3 is 2.07 bits per heavy atom. The first-order valence-corrected chi connectivity index (χ1v) is 5.45. The van der Waals surface area contributed by atoms with Crippen LogP contribution in [0.5, 0.6) is 0 Å². The highest BCUT2D eigenvalue weighted by Gasteiger charge is 2.12. The molecular weight excluding hydrogens is 170 g/mol. The molecule has 0 aliphatic rings. The second kappa shape index (κ2) is 5.16. The van der Waals surface area contributed by atoms with Gasteiger partial charge in [0.25, 0.3) is 0 Å². The van der Waals surface area contributed by atoms with Crippen molar-refractivity contribution in [3.05, 3.63) is 35.4 Å². The van der Waals surface area contributed by atoms with Gasteiger partial charge in [-0.3, -0.25) is 0 Å². The molecule has 0 aliphatic carbocycles. The molecule has 0 aliphatic heterocycles. The van der Waals surface area contributed by atoms with E-state index in [1.54, 1.807) is 0 Å². The van der Waals surface area contributed by atoms with Gasteiger partial charge in [-0.05, 0) is 30.5 Å². The largest absolute Gasteiger partial charge is 0.313 e. The van der Waals surface area contributed by atoms with E-state index in [1.165, 1.54) is 11.1 Å². The molecule has 0 amide bonds. The van der Waals surface area contributed by atoms with Crippen LogP contribution in [0, 0.1) is 5.92 Å². The fraction of sp³-hybridized carbons (Fsp3) is 0.538. The zero-order valence-electron chi connectivity index (χ0n) is 9.67. The molecule has 0 saturated heterocycles. The van der Waals surface area contributed by atoms with Crippen molar-refractivity contribution in [3.8, 4) is 0 Å². The van der Waals surface area contributed by atoms with Crippen LogP contribution >= 0.6 is 0 Å². The Hall–Kier alpha value is -0.820. The van der Waals surface area contributed by atoms with Gasteiger partial charge in [-0.1, -0.05) is 45.0 Å². The van der Waals surface area contributed by atoms with Gasteiger partial charge >= 0.3 is 0 Å². The topological polar surface area (TPSA) is 12.0 Å². The Morgan fingerprint density at radius 2 is 1.71 bits per heavy atom. The lowest BCUT2D eigenvalue weighted by Gasteiger charge is -2.20. The minimum Gasteiger partial charge on any atom is -0.313 e. The number of hydrogen-bond acceptors (Lipinski definition) is 1. The van der Waals surface area contributed by atoms with Gasteiger partial charge in [-0.15, -0.1) is 0 Å². The van der Waals surface area contributed by atoms with E-state index in [0.29, 0.717) is 12.0 Å². The number of benzene rings is 1. The van der Waals surface area contributed by atoms with Gasteiger partial charge in [-0.2, -0.15) is 0 Å². The van der Waals surface area contributed by atoms with Crippen molar-refractivity contribution in [2.24, 2.45) is 5.92 Å². The fourth-order valence-electron chi connectivity index (χ4n) is 1.85. The molecule has 1 aromatic carbocycles. The Kier molecular flexibility index (Phi) is 4.15. The van der Waals surface area contributed by atoms with E-state index >= 15 is 0 Å². The number of aryl methyl sites for hydroxylation is 1. The maximum Gasteiger partial charge on any atom is 0.0340 e. The lowest BCUT2D eigenvalue weighted by Crippen LogP contribution is -2.21. The van der Waals surface area contributed by atoms with Crippen LogP contribution in [-0.4, -0.2) is 7.05 Å². The Bertz CT molecular complexity index is 261. The lowest BCUT2D eigenvalue weighted by atomic mass is 9.95. The van der Waals surface area contributed by atoms with E-state index in [9.17, 15) is 0 Å². The van der Waals surface area contributed by atoms with E-state index in [2.05, 4.69) is 50.4 Å². The van der Waals surface area contributed by atoms with Gasteiger partial charge in [0, 0.05) is 6.04 Å². The number of nitrogens with one attached hydrogen (secondary N) is 1. The molecule has 14 heavy (non-hydrogen) atoms. The molecule has 1 nitrogen and oxygen atoms in total. The smallest absolute Gasteiger partial charge is 0.0340 e. The van der Waals surface area contributed by atoms with E-state index in [4.69, 9.17) is 0 Å². The Balaban J connectivity index is 2.84. The van der Waals surface area contributed by atoms with Crippen LogP contribution in [0.15, 0.2) is 24.3 Å². The van der Waals surface area contributed by atoms with Crippen molar-refractivity contribution in [1.82, 2.24) is 5.32 Å². The van der Waals surface area contributed by atoms with Crippen LogP contribution in [-0.2, 0) is 6.42 Å². The number of rotatable bonds is 4. The molecule has 78 valence electrons. The average Bonchev–Trinajstić information content (AvgIpc) is 2.19. The van der Waals surface area contributed by atoms with Crippen LogP contribution in [0.4, 0.5) is 0 Å². The summed E-state index contributed by atoms with van der Waals surface area (Å²) >= 11 is 0. The quantitative estimate of drug-likeness (QED) is 0.771. The third-order valence-corrected chi connectivity index (χ3v) is 2.72. The summed E-state index contributed by atoms with van der Waals surface area (Å²) in [5.74, 6) is 0.632. The molecule has 0 bridgehead atoms. The van der Waals surface area contributed by atoms with E-state index in [-0.39, 0.29) is 0 Å². The summed E-state index contributed by atoms with van der Waals surface area (Å²) in [6, 6.07) is 9.39.